The average Bonchev–Trinajstić information content (AvgIpc) is 3.33. The van der Waals surface area contributed by atoms with Crippen LogP contribution in [-0.2, 0) is 16.0 Å². The van der Waals surface area contributed by atoms with Crippen LogP contribution in [0, 0.1) is 5.82 Å². The van der Waals surface area contributed by atoms with Gasteiger partial charge in [-0.25, -0.2) is 14.1 Å². The van der Waals surface area contributed by atoms with Crippen LogP contribution >= 0.6 is 23.2 Å². The molecule has 1 heterocycles. The second-order valence-electron chi connectivity index (χ2n) is 9.42. The zero-order chi connectivity index (χ0) is 33.3. The van der Waals surface area contributed by atoms with Gasteiger partial charge in [0.1, 0.15) is 12.4 Å². The molecule has 40 heavy (non-hydrogen) atoms. The summed E-state index contributed by atoms with van der Waals surface area (Å²) in [5.74, 6) is -2.80. The molecule has 3 aromatic rings. The third-order valence-corrected chi connectivity index (χ3v) is 7.18. The molecule has 0 aliphatic carbocycles. The summed E-state index contributed by atoms with van der Waals surface area (Å²) in [5.41, 5.74) is 5.57. The number of amides is 2. The number of cyclic esters (lactones) is 1. The minimum Gasteiger partial charge on any atom is -0.447 e. The van der Waals surface area contributed by atoms with E-state index in [1.165, 1.54) is 25.1 Å². The summed E-state index contributed by atoms with van der Waals surface area (Å²) < 4.78 is 61.9. The molecule has 3 atom stereocenters. The molecule has 2 amide bonds. The first-order valence-electron chi connectivity index (χ1n) is 14.9. The summed E-state index contributed by atoms with van der Waals surface area (Å²) >= 11 is 12.3. The SMILES string of the molecule is [2H]C([2H])([2H])C([2H])([2H])[C@@H](NC(C)CC(=O)N1C(=O)OC[C@H]1Cc1ccccc1)c1ccc(Cl)c(C(=O)c2ccc(N)c(Cl)c2)c1F. The van der Waals surface area contributed by atoms with Gasteiger partial charge in [0.15, 0.2) is 5.78 Å². The number of benzene rings is 3. The van der Waals surface area contributed by atoms with Gasteiger partial charge >= 0.3 is 6.09 Å². The number of hydrogen-bond donors (Lipinski definition) is 2. The van der Waals surface area contributed by atoms with Gasteiger partial charge in [-0.1, -0.05) is 66.5 Å². The quantitative estimate of drug-likeness (QED) is 0.210. The Morgan fingerprint density at radius 1 is 1.20 bits per heavy atom. The maximum absolute atomic E-state index is 16.2. The number of nitrogens with one attached hydrogen (secondary N) is 1. The van der Waals surface area contributed by atoms with Crippen LogP contribution in [0.15, 0.2) is 60.7 Å². The number of rotatable bonds is 10. The first-order valence-corrected chi connectivity index (χ1v) is 13.1. The number of anilines is 1. The van der Waals surface area contributed by atoms with Gasteiger partial charge in [-0.2, -0.15) is 0 Å². The fourth-order valence-electron chi connectivity index (χ4n) is 4.53. The third kappa shape index (κ3) is 6.46. The third-order valence-electron chi connectivity index (χ3n) is 6.54. The molecule has 3 aromatic carbocycles. The van der Waals surface area contributed by atoms with Crippen LogP contribution in [0.2, 0.25) is 10.0 Å². The molecule has 4 rings (SSSR count). The van der Waals surface area contributed by atoms with E-state index in [2.05, 4.69) is 5.32 Å². The molecule has 0 saturated carbocycles. The highest BCUT2D eigenvalue weighted by Gasteiger charge is 2.38. The Bertz CT molecular complexity index is 1610. The van der Waals surface area contributed by atoms with E-state index in [9.17, 15) is 14.4 Å². The Morgan fingerprint density at radius 2 is 1.95 bits per heavy atom. The topological polar surface area (TPSA) is 102 Å². The Hall–Kier alpha value is -3.46. The second kappa shape index (κ2) is 12.8. The van der Waals surface area contributed by atoms with Crippen molar-refractivity contribution < 1.29 is 30.4 Å². The molecule has 0 bridgehead atoms. The van der Waals surface area contributed by atoms with E-state index in [0.29, 0.717) is 6.42 Å². The maximum Gasteiger partial charge on any atom is 0.416 e. The number of nitrogens with zero attached hydrogens (tertiary/aromatic N) is 1. The van der Waals surface area contributed by atoms with Gasteiger partial charge in [-0.05, 0) is 49.5 Å². The van der Waals surface area contributed by atoms with Crippen molar-refractivity contribution in [2.45, 2.75) is 51.1 Å². The van der Waals surface area contributed by atoms with Crippen LogP contribution in [0.4, 0.5) is 14.9 Å². The highest BCUT2D eigenvalue weighted by molar-refractivity contribution is 6.36. The lowest BCUT2D eigenvalue weighted by Gasteiger charge is -2.26. The molecule has 0 spiro atoms. The predicted octanol–water partition coefficient (Wildman–Crippen LogP) is 6.36. The molecule has 1 unspecified atom stereocenters. The van der Waals surface area contributed by atoms with Crippen LogP contribution in [0.3, 0.4) is 0 Å². The monoisotopic (exact) mass is 590 g/mol. The van der Waals surface area contributed by atoms with Crippen molar-refractivity contribution in [1.29, 1.82) is 0 Å². The summed E-state index contributed by atoms with van der Waals surface area (Å²) in [5, 5.41) is 2.47. The normalized spacial score (nSPS) is 19.0. The van der Waals surface area contributed by atoms with Crippen molar-refractivity contribution in [2.24, 2.45) is 0 Å². The van der Waals surface area contributed by atoms with Crippen molar-refractivity contribution in [1.82, 2.24) is 10.2 Å². The van der Waals surface area contributed by atoms with Crippen molar-refractivity contribution in [3.63, 3.8) is 0 Å². The molecule has 0 radical (unpaired) electrons. The molecule has 1 saturated heterocycles. The molecule has 1 aliphatic heterocycles. The smallest absolute Gasteiger partial charge is 0.416 e. The number of imide groups is 1. The van der Waals surface area contributed by atoms with Gasteiger partial charge in [0.2, 0.25) is 5.91 Å². The van der Waals surface area contributed by atoms with Gasteiger partial charge in [-0.3, -0.25) is 9.59 Å². The number of ether oxygens (including phenoxy) is 1. The van der Waals surface area contributed by atoms with E-state index in [1.807, 2.05) is 30.3 Å². The molecule has 10 heteroatoms. The Balaban J connectivity index is 1.64. The lowest BCUT2D eigenvalue weighted by molar-refractivity contribution is -0.129. The van der Waals surface area contributed by atoms with Crippen molar-refractivity contribution in [3.8, 4) is 0 Å². The Kier molecular flexibility index (Phi) is 7.45. The molecular weight excluding hydrogens is 556 g/mol. The standard InChI is InChI=1S/C30H30Cl2FN3O4/c1-3-25(21-10-11-22(31)27(28(21)33)29(38)19-9-12-24(34)23(32)15-19)35-17(2)13-26(37)36-20(16-40-30(36)39)14-18-7-5-4-6-8-18/h4-12,15,17,20,25,35H,3,13-14,16,34H2,1-2H3/t17?,20-,25-/m1/s1/i1D3,3D2. The van der Waals surface area contributed by atoms with Crippen LogP contribution in [0.25, 0.3) is 0 Å². The number of halogens is 3. The number of nitrogen functional groups attached to an aromatic ring is 1. The van der Waals surface area contributed by atoms with Crippen molar-refractivity contribution >= 4 is 46.7 Å². The molecule has 0 aromatic heterocycles. The zero-order valence-electron chi connectivity index (χ0n) is 26.4. The van der Waals surface area contributed by atoms with Gasteiger partial charge in [0.05, 0.1) is 27.3 Å². The van der Waals surface area contributed by atoms with Crippen LogP contribution in [0.5, 0.6) is 0 Å². The van der Waals surface area contributed by atoms with Crippen LogP contribution in [0.1, 0.15) is 66.5 Å². The lowest BCUT2D eigenvalue weighted by Crippen LogP contribution is -2.43. The van der Waals surface area contributed by atoms with Crippen molar-refractivity contribution in [2.75, 3.05) is 12.3 Å². The van der Waals surface area contributed by atoms with Crippen LogP contribution in [-0.4, -0.2) is 41.4 Å². The van der Waals surface area contributed by atoms with E-state index in [4.69, 9.17) is 40.5 Å². The summed E-state index contributed by atoms with van der Waals surface area (Å²) in [6.45, 7) is -1.82. The van der Waals surface area contributed by atoms with Gasteiger partial charge < -0.3 is 15.8 Å². The summed E-state index contributed by atoms with van der Waals surface area (Å²) in [7, 11) is 0. The summed E-state index contributed by atoms with van der Waals surface area (Å²) in [4.78, 5) is 40.1. The number of carbonyl (C=O) groups is 3. The molecule has 3 N–H and O–H groups in total. The number of nitrogens with two attached hydrogens (primary N) is 1. The first kappa shape index (κ1) is 23.3. The highest BCUT2D eigenvalue weighted by atomic mass is 35.5. The largest absolute Gasteiger partial charge is 0.447 e. The maximum atomic E-state index is 16.2. The van der Waals surface area contributed by atoms with E-state index < -0.39 is 66.1 Å². The van der Waals surface area contributed by atoms with Crippen molar-refractivity contribution in [3.05, 3.63) is 98.8 Å². The number of carbonyl (C=O) groups excluding carboxylic acids is 3. The lowest BCUT2D eigenvalue weighted by atomic mass is 9.95. The van der Waals surface area contributed by atoms with E-state index in [1.54, 1.807) is 0 Å². The minimum absolute atomic E-state index is 0.0164. The first-order chi connectivity index (χ1) is 21.0. The Labute approximate surface area is 249 Å². The second-order valence-corrected chi connectivity index (χ2v) is 10.2. The Morgan fingerprint density at radius 3 is 2.65 bits per heavy atom. The summed E-state index contributed by atoms with van der Waals surface area (Å²) in [6, 6.07) is 11.8. The highest BCUT2D eigenvalue weighted by Crippen LogP contribution is 2.31. The zero-order valence-corrected chi connectivity index (χ0v) is 22.9. The fourth-order valence-corrected chi connectivity index (χ4v) is 4.94. The molecule has 7 nitrogen and oxygen atoms in total. The predicted molar refractivity (Wildman–Crippen MR) is 153 cm³/mol. The summed E-state index contributed by atoms with van der Waals surface area (Å²) in [6.07, 6.45) is -3.99. The van der Waals surface area contributed by atoms with Gasteiger partial charge in [-0.15, -0.1) is 0 Å². The number of ketones is 1. The fraction of sp³-hybridized carbons (Fsp3) is 0.300. The van der Waals surface area contributed by atoms with E-state index >= 15 is 4.39 Å². The molecule has 1 aliphatic rings. The van der Waals surface area contributed by atoms with Gasteiger partial charge in [0.25, 0.3) is 0 Å². The molecular formula is C30H30Cl2FN3O4. The molecule has 210 valence electrons. The van der Waals surface area contributed by atoms with Crippen LogP contribution < -0.4 is 11.1 Å². The van der Waals surface area contributed by atoms with E-state index in [0.717, 1.165) is 22.6 Å². The minimum atomic E-state index is -3.27. The number of hydrogen-bond acceptors (Lipinski definition) is 6. The van der Waals surface area contributed by atoms with Gasteiger partial charge in [0, 0.05) is 36.5 Å². The van der Waals surface area contributed by atoms with E-state index in [-0.39, 0.29) is 34.3 Å². The average molecular weight is 592 g/mol. The molecule has 1 fully saturated rings.